The third kappa shape index (κ3) is 3.79. The van der Waals surface area contributed by atoms with E-state index in [0.717, 1.165) is 29.1 Å². The molecule has 0 unspecified atom stereocenters. The van der Waals surface area contributed by atoms with Crippen LogP contribution in [0.15, 0.2) is 47.5 Å². The highest BCUT2D eigenvalue weighted by Crippen LogP contribution is 2.31. The molecule has 0 saturated carbocycles. The Morgan fingerprint density at radius 3 is 2.46 bits per heavy atom. The zero-order chi connectivity index (χ0) is 18.9. The Morgan fingerprint density at radius 1 is 1.15 bits per heavy atom. The summed E-state index contributed by atoms with van der Waals surface area (Å²) in [5, 5.41) is 0. The van der Waals surface area contributed by atoms with Gasteiger partial charge in [0.05, 0.1) is 24.8 Å². The number of carbonyl (C=O) groups is 1. The Morgan fingerprint density at radius 2 is 1.85 bits per heavy atom. The minimum Gasteiger partial charge on any atom is -0.497 e. The molecule has 0 saturated heterocycles. The number of ether oxygens (including phenoxy) is 1. The highest BCUT2D eigenvalue weighted by Gasteiger charge is 2.28. The number of fused-ring (bicyclic) bond motifs is 1. The maximum Gasteiger partial charge on any atom is 0.168 e. The highest BCUT2D eigenvalue weighted by atomic mass is 16.5. The highest BCUT2D eigenvalue weighted by molar-refractivity contribution is 6.17. The molecule has 1 aliphatic rings. The number of aliphatic imine (C=N–C) groups is 1. The van der Waals surface area contributed by atoms with Crippen LogP contribution in [0.1, 0.15) is 41.8 Å². The zero-order valence-electron chi connectivity index (χ0n) is 16.2. The summed E-state index contributed by atoms with van der Waals surface area (Å²) in [6.45, 7) is 4.22. The summed E-state index contributed by atoms with van der Waals surface area (Å²) in [6, 6.07) is 13.8. The normalized spacial score (nSPS) is 15.0. The van der Waals surface area contributed by atoms with Crippen molar-refractivity contribution in [3.63, 3.8) is 0 Å². The first-order valence-electron chi connectivity index (χ1n) is 8.86. The van der Waals surface area contributed by atoms with Crippen LogP contribution in [0.3, 0.4) is 0 Å². The van der Waals surface area contributed by atoms with E-state index in [1.165, 1.54) is 5.56 Å². The molecule has 136 valence electrons. The molecule has 0 aliphatic carbocycles. The van der Waals surface area contributed by atoms with Gasteiger partial charge in [0.15, 0.2) is 5.78 Å². The van der Waals surface area contributed by atoms with Crippen LogP contribution in [-0.4, -0.2) is 38.2 Å². The Bertz CT molecular complexity index is 849. The Labute approximate surface area is 155 Å². The molecule has 0 atom stereocenters. The lowest BCUT2D eigenvalue weighted by Gasteiger charge is -2.29. The van der Waals surface area contributed by atoms with Crippen molar-refractivity contribution < 1.29 is 9.53 Å². The van der Waals surface area contributed by atoms with Crippen molar-refractivity contribution in [1.82, 2.24) is 0 Å². The molecule has 0 aromatic heterocycles. The summed E-state index contributed by atoms with van der Waals surface area (Å²) in [6.07, 6.45) is 1.16. The molecular formula is C22H26N2O2. The van der Waals surface area contributed by atoms with Crippen molar-refractivity contribution in [3.05, 3.63) is 59.2 Å². The van der Waals surface area contributed by atoms with Crippen LogP contribution in [0.5, 0.6) is 5.75 Å². The van der Waals surface area contributed by atoms with Crippen molar-refractivity contribution >= 4 is 17.2 Å². The predicted octanol–water partition coefficient (Wildman–Crippen LogP) is 4.16. The average molecular weight is 350 g/mol. The fourth-order valence-electron chi connectivity index (χ4n) is 3.37. The van der Waals surface area contributed by atoms with E-state index < -0.39 is 0 Å². The standard InChI is InChI=1S/C22H26N2O2/c1-22(2)14-16-8-11-18(26-5)12-19(16)20(23-22)13-21(25)15-6-9-17(10-7-15)24(3)4/h6-12H,13-14H2,1-5H3. The van der Waals surface area contributed by atoms with Gasteiger partial charge in [-0.2, -0.15) is 0 Å². The van der Waals surface area contributed by atoms with Gasteiger partial charge in [-0.15, -0.1) is 0 Å². The second-order valence-electron chi connectivity index (χ2n) is 7.61. The third-order valence-corrected chi connectivity index (χ3v) is 4.72. The van der Waals surface area contributed by atoms with Gasteiger partial charge in [-0.3, -0.25) is 9.79 Å². The molecule has 2 aromatic rings. The summed E-state index contributed by atoms with van der Waals surface area (Å²) < 4.78 is 5.36. The molecule has 1 aliphatic heterocycles. The van der Waals surface area contributed by atoms with E-state index in [1.807, 2.05) is 55.4 Å². The van der Waals surface area contributed by atoms with Gasteiger partial charge in [-0.1, -0.05) is 6.07 Å². The van der Waals surface area contributed by atoms with Crippen molar-refractivity contribution in [2.24, 2.45) is 4.99 Å². The number of carbonyl (C=O) groups excluding carboxylic acids is 1. The van der Waals surface area contributed by atoms with Gasteiger partial charge < -0.3 is 9.64 Å². The van der Waals surface area contributed by atoms with E-state index in [4.69, 9.17) is 9.73 Å². The van der Waals surface area contributed by atoms with Crippen LogP contribution >= 0.6 is 0 Å². The number of anilines is 1. The fraction of sp³-hybridized carbons (Fsp3) is 0.364. The second-order valence-corrected chi connectivity index (χ2v) is 7.61. The van der Waals surface area contributed by atoms with Gasteiger partial charge >= 0.3 is 0 Å². The summed E-state index contributed by atoms with van der Waals surface area (Å²) in [7, 11) is 5.63. The first-order valence-corrected chi connectivity index (χ1v) is 8.86. The number of rotatable bonds is 5. The smallest absolute Gasteiger partial charge is 0.168 e. The molecule has 1 heterocycles. The SMILES string of the molecule is COc1ccc2c(c1)C(CC(=O)c1ccc(N(C)C)cc1)=NC(C)(C)C2. The molecule has 2 aromatic carbocycles. The predicted molar refractivity (Wildman–Crippen MR) is 107 cm³/mol. The van der Waals surface area contributed by atoms with Crippen LogP contribution in [-0.2, 0) is 6.42 Å². The quantitative estimate of drug-likeness (QED) is 0.761. The number of ketones is 1. The molecule has 0 N–H and O–H groups in total. The molecule has 4 heteroatoms. The minimum atomic E-state index is -0.202. The first kappa shape index (κ1) is 18.2. The van der Waals surface area contributed by atoms with E-state index >= 15 is 0 Å². The summed E-state index contributed by atoms with van der Waals surface area (Å²) in [5.74, 6) is 0.875. The molecule has 4 nitrogen and oxygen atoms in total. The van der Waals surface area contributed by atoms with Crippen LogP contribution in [0.4, 0.5) is 5.69 Å². The lowest BCUT2D eigenvalue weighted by molar-refractivity contribution is 0.100. The topological polar surface area (TPSA) is 41.9 Å². The van der Waals surface area contributed by atoms with Crippen LogP contribution < -0.4 is 9.64 Å². The Balaban J connectivity index is 1.90. The number of nitrogens with zero attached hydrogens (tertiary/aromatic N) is 2. The van der Waals surface area contributed by atoms with Crippen molar-refractivity contribution in [2.75, 3.05) is 26.1 Å². The van der Waals surface area contributed by atoms with Gasteiger partial charge in [0.1, 0.15) is 5.75 Å². The van der Waals surface area contributed by atoms with Gasteiger partial charge in [-0.05, 0) is 62.2 Å². The maximum atomic E-state index is 12.8. The van der Waals surface area contributed by atoms with Gasteiger partial charge in [-0.25, -0.2) is 0 Å². The van der Waals surface area contributed by atoms with E-state index in [2.05, 4.69) is 19.9 Å². The first-order chi connectivity index (χ1) is 12.3. The molecule has 0 radical (unpaired) electrons. The van der Waals surface area contributed by atoms with Gasteiger partial charge in [0.25, 0.3) is 0 Å². The molecular weight excluding hydrogens is 324 g/mol. The van der Waals surface area contributed by atoms with Crippen molar-refractivity contribution in [2.45, 2.75) is 32.2 Å². The molecule has 0 spiro atoms. The van der Waals surface area contributed by atoms with E-state index in [9.17, 15) is 4.79 Å². The summed E-state index contributed by atoms with van der Waals surface area (Å²) >= 11 is 0. The lowest BCUT2D eigenvalue weighted by Crippen LogP contribution is -2.30. The van der Waals surface area contributed by atoms with E-state index in [0.29, 0.717) is 12.0 Å². The van der Waals surface area contributed by atoms with Crippen LogP contribution in [0, 0.1) is 0 Å². The second kappa shape index (κ2) is 6.94. The largest absolute Gasteiger partial charge is 0.497 e. The Hall–Kier alpha value is -2.62. The van der Waals surface area contributed by atoms with E-state index in [1.54, 1.807) is 7.11 Å². The number of benzene rings is 2. The van der Waals surface area contributed by atoms with Crippen molar-refractivity contribution in [3.8, 4) is 5.75 Å². The molecule has 0 bridgehead atoms. The average Bonchev–Trinajstić information content (AvgIpc) is 2.60. The number of methoxy groups -OCH3 is 1. The van der Waals surface area contributed by atoms with Crippen LogP contribution in [0.25, 0.3) is 0 Å². The van der Waals surface area contributed by atoms with Gasteiger partial charge in [0.2, 0.25) is 0 Å². The molecule has 3 rings (SSSR count). The summed E-state index contributed by atoms with van der Waals surface area (Å²) in [5.41, 5.74) is 4.68. The van der Waals surface area contributed by atoms with Crippen LogP contribution in [0.2, 0.25) is 0 Å². The Kier molecular flexibility index (Phi) is 4.86. The summed E-state index contributed by atoms with van der Waals surface area (Å²) in [4.78, 5) is 19.7. The number of hydrogen-bond donors (Lipinski definition) is 0. The van der Waals surface area contributed by atoms with Crippen molar-refractivity contribution in [1.29, 1.82) is 0 Å². The molecule has 0 amide bonds. The number of Topliss-reactive ketones (excluding diaryl/α,β-unsaturated/α-hetero) is 1. The molecule has 0 fully saturated rings. The number of hydrogen-bond acceptors (Lipinski definition) is 4. The molecule has 26 heavy (non-hydrogen) atoms. The zero-order valence-corrected chi connectivity index (χ0v) is 16.2. The maximum absolute atomic E-state index is 12.8. The lowest BCUT2D eigenvalue weighted by atomic mass is 9.85. The monoisotopic (exact) mass is 350 g/mol. The minimum absolute atomic E-state index is 0.0838. The van der Waals surface area contributed by atoms with E-state index in [-0.39, 0.29) is 11.3 Å². The fourth-order valence-corrected chi connectivity index (χ4v) is 3.37. The van der Waals surface area contributed by atoms with Gasteiger partial charge in [0, 0.05) is 30.9 Å². The third-order valence-electron chi connectivity index (χ3n) is 4.72.